The van der Waals surface area contributed by atoms with Gasteiger partial charge < -0.3 is 10.1 Å². The summed E-state index contributed by atoms with van der Waals surface area (Å²) in [6, 6.07) is 5.13. The van der Waals surface area contributed by atoms with Crippen molar-refractivity contribution in [1.82, 2.24) is 5.32 Å². The Balaban J connectivity index is 2.32. The summed E-state index contributed by atoms with van der Waals surface area (Å²) in [5, 5.41) is 3.77. The molecule has 1 aromatic rings. The highest BCUT2D eigenvalue weighted by Crippen LogP contribution is 2.35. The highest BCUT2D eigenvalue weighted by molar-refractivity contribution is 5.38. The third-order valence-electron chi connectivity index (χ3n) is 4.69. The molecule has 2 nitrogen and oxygen atoms in total. The van der Waals surface area contributed by atoms with E-state index in [-0.39, 0.29) is 0 Å². The third kappa shape index (κ3) is 3.24. The number of benzene rings is 1. The maximum Gasteiger partial charge on any atom is 0.0594 e. The molecule has 1 saturated heterocycles. The zero-order valence-electron chi connectivity index (χ0n) is 13.6. The maximum absolute atomic E-state index is 5.80. The molecule has 3 unspecified atom stereocenters. The molecule has 1 fully saturated rings. The fraction of sp³-hybridized carbons (Fsp3) is 0.667. The molecule has 0 bridgehead atoms. The number of rotatable bonds is 5. The van der Waals surface area contributed by atoms with Crippen LogP contribution in [0.3, 0.4) is 0 Å². The fourth-order valence-electron chi connectivity index (χ4n) is 3.30. The van der Waals surface area contributed by atoms with Crippen molar-refractivity contribution in [3.05, 3.63) is 34.4 Å². The molecule has 20 heavy (non-hydrogen) atoms. The SMILES string of the molecule is CCCNC(c1cc(C)c(C)cc1C)C1CCOC1C. The van der Waals surface area contributed by atoms with Gasteiger partial charge in [0.25, 0.3) is 0 Å². The lowest BCUT2D eigenvalue weighted by atomic mass is 9.84. The number of ether oxygens (including phenoxy) is 1. The van der Waals surface area contributed by atoms with Gasteiger partial charge in [-0.25, -0.2) is 0 Å². The molecular weight excluding hydrogens is 246 g/mol. The average Bonchev–Trinajstić information content (AvgIpc) is 2.82. The molecule has 0 aromatic heterocycles. The van der Waals surface area contributed by atoms with E-state index in [4.69, 9.17) is 4.74 Å². The van der Waals surface area contributed by atoms with E-state index in [2.05, 4.69) is 52.1 Å². The molecular formula is C18H29NO. The van der Waals surface area contributed by atoms with Gasteiger partial charge in [0.2, 0.25) is 0 Å². The van der Waals surface area contributed by atoms with Crippen LogP contribution in [0.5, 0.6) is 0 Å². The van der Waals surface area contributed by atoms with Crippen molar-refractivity contribution in [2.75, 3.05) is 13.2 Å². The van der Waals surface area contributed by atoms with Crippen LogP contribution in [0.4, 0.5) is 0 Å². The fourth-order valence-corrected chi connectivity index (χ4v) is 3.30. The number of hydrogen-bond acceptors (Lipinski definition) is 2. The third-order valence-corrected chi connectivity index (χ3v) is 4.69. The highest BCUT2D eigenvalue weighted by atomic mass is 16.5. The predicted molar refractivity (Wildman–Crippen MR) is 85.2 cm³/mol. The smallest absolute Gasteiger partial charge is 0.0594 e. The van der Waals surface area contributed by atoms with E-state index >= 15 is 0 Å². The quantitative estimate of drug-likeness (QED) is 0.874. The summed E-state index contributed by atoms with van der Waals surface area (Å²) < 4.78 is 5.80. The van der Waals surface area contributed by atoms with Crippen LogP contribution >= 0.6 is 0 Å². The van der Waals surface area contributed by atoms with Gasteiger partial charge >= 0.3 is 0 Å². The van der Waals surface area contributed by atoms with Gasteiger partial charge in [-0.05, 0) is 69.3 Å². The van der Waals surface area contributed by atoms with Crippen LogP contribution < -0.4 is 5.32 Å². The monoisotopic (exact) mass is 275 g/mol. The Labute approximate surface area is 123 Å². The van der Waals surface area contributed by atoms with Crippen molar-refractivity contribution in [2.24, 2.45) is 5.92 Å². The van der Waals surface area contributed by atoms with E-state index in [0.717, 1.165) is 19.6 Å². The first-order valence-corrected chi connectivity index (χ1v) is 7.97. The van der Waals surface area contributed by atoms with E-state index in [9.17, 15) is 0 Å². The van der Waals surface area contributed by atoms with E-state index in [1.807, 2.05) is 0 Å². The van der Waals surface area contributed by atoms with Gasteiger partial charge in [-0.3, -0.25) is 0 Å². The summed E-state index contributed by atoms with van der Waals surface area (Å²) in [5.41, 5.74) is 5.64. The van der Waals surface area contributed by atoms with Crippen molar-refractivity contribution in [2.45, 2.75) is 59.6 Å². The first-order valence-electron chi connectivity index (χ1n) is 7.97. The first kappa shape index (κ1) is 15.5. The lowest BCUT2D eigenvalue weighted by Crippen LogP contribution is -2.33. The highest BCUT2D eigenvalue weighted by Gasteiger charge is 2.33. The molecule has 2 rings (SSSR count). The topological polar surface area (TPSA) is 21.3 Å². The Bertz CT molecular complexity index is 455. The largest absolute Gasteiger partial charge is 0.378 e. The van der Waals surface area contributed by atoms with Crippen molar-refractivity contribution < 1.29 is 4.74 Å². The van der Waals surface area contributed by atoms with E-state index < -0.39 is 0 Å². The van der Waals surface area contributed by atoms with Crippen molar-refractivity contribution in [3.8, 4) is 0 Å². The molecule has 1 N–H and O–H groups in total. The second-order valence-corrected chi connectivity index (χ2v) is 6.25. The molecule has 0 radical (unpaired) electrons. The van der Waals surface area contributed by atoms with Crippen LogP contribution in [0.1, 0.15) is 55.0 Å². The molecule has 3 atom stereocenters. The normalized spacial score (nSPS) is 24.1. The Morgan fingerprint density at radius 2 is 1.90 bits per heavy atom. The Kier molecular flexibility index (Phi) is 5.22. The van der Waals surface area contributed by atoms with Gasteiger partial charge in [-0.15, -0.1) is 0 Å². The Morgan fingerprint density at radius 3 is 2.50 bits per heavy atom. The lowest BCUT2D eigenvalue weighted by molar-refractivity contribution is 0.0953. The minimum absolute atomic E-state index is 0.352. The number of aryl methyl sites for hydroxylation is 3. The van der Waals surface area contributed by atoms with Gasteiger partial charge in [0, 0.05) is 18.6 Å². The van der Waals surface area contributed by atoms with Crippen LogP contribution in [0.15, 0.2) is 12.1 Å². The van der Waals surface area contributed by atoms with Crippen LogP contribution in [0.2, 0.25) is 0 Å². The van der Waals surface area contributed by atoms with E-state index in [0.29, 0.717) is 18.1 Å². The van der Waals surface area contributed by atoms with Crippen LogP contribution in [-0.4, -0.2) is 19.3 Å². The standard InChI is InChI=1S/C18H29NO/c1-6-8-19-18(16-7-9-20-15(16)5)17-11-13(3)12(2)10-14(17)4/h10-11,15-16,18-19H,6-9H2,1-5H3. The van der Waals surface area contributed by atoms with Crippen molar-refractivity contribution >= 4 is 0 Å². The number of nitrogens with one attached hydrogen (secondary N) is 1. The van der Waals surface area contributed by atoms with E-state index in [1.165, 1.54) is 28.7 Å². The number of hydrogen-bond donors (Lipinski definition) is 1. The molecule has 0 aliphatic carbocycles. The Morgan fingerprint density at radius 1 is 1.20 bits per heavy atom. The summed E-state index contributed by atoms with van der Waals surface area (Å²) in [6.07, 6.45) is 2.68. The molecule has 0 saturated carbocycles. The van der Waals surface area contributed by atoms with Crippen LogP contribution in [-0.2, 0) is 4.74 Å². The summed E-state index contributed by atoms with van der Waals surface area (Å²) in [4.78, 5) is 0. The minimum atomic E-state index is 0.352. The molecule has 112 valence electrons. The molecule has 2 heteroatoms. The van der Waals surface area contributed by atoms with E-state index in [1.54, 1.807) is 0 Å². The summed E-state index contributed by atoms with van der Waals surface area (Å²) in [6.45, 7) is 13.1. The second kappa shape index (κ2) is 6.73. The zero-order chi connectivity index (χ0) is 14.7. The van der Waals surface area contributed by atoms with Crippen LogP contribution in [0.25, 0.3) is 0 Å². The van der Waals surface area contributed by atoms with Crippen LogP contribution in [0, 0.1) is 26.7 Å². The minimum Gasteiger partial charge on any atom is -0.378 e. The molecule has 1 heterocycles. The molecule has 0 spiro atoms. The second-order valence-electron chi connectivity index (χ2n) is 6.25. The Hall–Kier alpha value is -0.860. The lowest BCUT2D eigenvalue weighted by Gasteiger charge is -2.29. The average molecular weight is 275 g/mol. The molecule has 1 aromatic carbocycles. The van der Waals surface area contributed by atoms with Gasteiger partial charge in [-0.1, -0.05) is 19.1 Å². The van der Waals surface area contributed by atoms with Gasteiger partial charge in [0.05, 0.1) is 6.10 Å². The summed E-state index contributed by atoms with van der Waals surface area (Å²) >= 11 is 0. The molecule has 0 amide bonds. The molecule has 1 aliphatic heterocycles. The van der Waals surface area contributed by atoms with Gasteiger partial charge in [0.15, 0.2) is 0 Å². The summed E-state index contributed by atoms with van der Waals surface area (Å²) in [7, 11) is 0. The maximum atomic E-state index is 5.80. The first-order chi connectivity index (χ1) is 9.54. The zero-order valence-corrected chi connectivity index (χ0v) is 13.6. The summed E-state index contributed by atoms with van der Waals surface area (Å²) in [5.74, 6) is 0.586. The molecule has 1 aliphatic rings. The van der Waals surface area contributed by atoms with Crippen molar-refractivity contribution in [1.29, 1.82) is 0 Å². The van der Waals surface area contributed by atoms with Gasteiger partial charge in [0.1, 0.15) is 0 Å². The predicted octanol–water partition coefficient (Wildman–Crippen LogP) is 4.08. The van der Waals surface area contributed by atoms with Crippen molar-refractivity contribution in [3.63, 3.8) is 0 Å². The van der Waals surface area contributed by atoms with Gasteiger partial charge in [-0.2, -0.15) is 0 Å².